The Hall–Kier alpha value is -8.20. The second kappa shape index (κ2) is 13.9. The quantitative estimate of drug-likeness (QED) is 0.163. The molecular weight excluding hydrogens is 761 g/mol. The van der Waals surface area contributed by atoms with Crippen molar-refractivity contribution in [2.45, 2.75) is 5.41 Å². The minimum atomic E-state index is -0.432. The van der Waals surface area contributed by atoms with Crippen LogP contribution in [0.15, 0.2) is 243 Å². The first-order valence-electron chi connectivity index (χ1n) is 21.8. The average Bonchev–Trinajstić information content (AvgIpc) is 3.97. The lowest BCUT2D eigenvalue weighted by molar-refractivity contribution is 0.793. The molecule has 1 aromatic heterocycles. The first-order valence-corrected chi connectivity index (χ1v) is 21.8. The van der Waals surface area contributed by atoms with Crippen molar-refractivity contribution in [1.29, 1.82) is 0 Å². The molecule has 2 aliphatic carbocycles. The lowest BCUT2D eigenvalue weighted by Crippen LogP contribution is -2.26. The van der Waals surface area contributed by atoms with E-state index in [0.29, 0.717) is 0 Å². The highest BCUT2D eigenvalue weighted by atomic mass is 15.1. The largest absolute Gasteiger partial charge is 0.310 e. The Bertz CT molecular complexity index is 3440. The maximum atomic E-state index is 2.48. The lowest BCUT2D eigenvalue weighted by Gasteiger charge is -2.32. The van der Waals surface area contributed by atoms with Crippen LogP contribution in [0.3, 0.4) is 0 Å². The van der Waals surface area contributed by atoms with Gasteiger partial charge in [0.25, 0.3) is 0 Å². The molecule has 63 heavy (non-hydrogen) atoms. The molecular formula is C61H40N2. The number of anilines is 3. The summed E-state index contributed by atoms with van der Waals surface area (Å²) in [6, 6.07) is 89.4. The van der Waals surface area contributed by atoms with Gasteiger partial charge in [-0.1, -0.05) is 188 Å². The van der Waals surface area contributed by atoms with Gasteiger partial charge in [0.05, 0.1) is 22.1 Å². The zero-order chi connectivity index (χ0) is 41.5. The Morgan fingerprint density at radius 1 is 0.286 bits per heavy atom. The number of rotatable bonds is 6. The highest BCUT2D eigenvalue weighted by molar-refractivity contribution is 6.09. The minimum Gasteiger partial charge on any atom is -0.310 e. The molecule has 0 amide bonds. The first kappa shape index (κ1) is 35.5. The molecule has 0 bridgehead atoms. The van der Waals surface area contributed by atoms with Gasteiger partial charge in [-0.2, -0.15) is 0 Å². The fourth-order valence-corrected chi connectivity index (χ4v) is 11.0. The van der Waals surface area contributed by atoms with Crippen LogP contribution in [0.4, 0.5) is 17.1 Å². The van der Waals surface area contributed by atoms with Crippen molar-refractivity contribution >= 4 is 38.9 Å². The predicted octanol–water partition coefficient (Wildman–Crippen LogP) is 15.9. The van der Waals surface area contributed by atoms with E-state index in [4.69, 9.17) is 0 Å². The molecule has 0 N–H and O–H groups in total. The summed E-state index contributed by atoms with van der Waals surface area (Å²) in [5.41, 5.74) is 21.8. The van der Waals surface area contributed by atoms with E-state index < -0.39 is 5.41 Å². The second-order valence-corrected chi connectivity index (χ2v) is 16.8. The molecule has 0 unspecified atom stereocenters. The summed E-state index contributed by atoms with van der Waals surface area (Å²) < 4.78 is 2.42. The highest BCUT2D eigenvalue weighted by Gasteiger charge is 2.51. The standard InChI is InChI=1S/C61H40N2/c1-2-16-41(17-3-1)42-30-34-44(35-31-42)62(45-36-32-43(33-37-45)47-18-7-13-27-58(47)63-59-28-14-8-22-52(59)53-23-9-15-29-60(53)63)46-38-39-51-50-21-6-12-26-56(50)61(57(51)40-46)54-24-10-4-19-48(54)49-20-5-11-25-55(49)61/h1-40H. The summed E-state index contributed by atoms with van der Waals surface area (Å²) >= 11 is 0. The molecule has 0 fully saturated rings. The van der Waals surface area contributed by atoms with Crippen LogP contribution in [0, 0.1) is 0 Å². The third-order valence-electron chi connectivity index (χ3n) is 13.6. The first-order chi connectivity index (χ1) is 31.3. The summed E-state index contributed by atoms with van der Waals surface area (Å²) in [5.74, 6) is 0. The van der Waals surface area contributed by atoms with Crippen LogP contribution < -0.4 is 4.90 Å². The van der Waals surface area contributed by atoms with Gasteiger partial charge in [0.2, 0.25) is 0 Å². The number of benzene rings is 10. The van der Waals surface area contributed by atoms with Gasteiger partial charge in [0, 0.05) is 33.4 Å². The molecule has 11 aromatic rings. The van der Waals surface area contributed by atoms with Crippen LogP contribution in [0.25, 0.3) is 72.0 Å². The molecule has 2 heteroatoms. The molecule has 294 valence electrons. The van der Waals surface area contributed by atoms with E-state index in [1.54, 1.807) is 0 Å². The molecule has 2 nitrogen and oxygen atoms in total. The van der Waals surface area contributed by atoms with E-state index >= 15 is 0 Å². The van der Waals surface area contributed by atoms with Crippen molar-refractivity contribution in [3.05, 3.63) is 265 Å². The molecule has 2 aliphatic rings. The third-order valence-corrected chi connectivity index (χ3v) is 13.6. The molecule has 1 heterocycles. The van der Waals surface area contributed by atoms with Crippen LogP contribution in [0.1, 0.15) is 22.3 Å². The van der Waals surface area contributed by atoms with Crippen molar-refractivity contribution in [2.75, 3.05) is 4.90 Å². The molecule has 0 aliphatic heterocycles. The zero-order valence-electron chi connectivity index (χ0n) is 34.5. The highest BCUT2D eigenvalue weighted by Crippen LogP contribution is 2.63. The number of fused-ring (bicyclic) bond motifs is 13. The fourth-order valence-electron chi connectivity index (χ4n) is 11.0. The van der Waals surface area contributed by atoms with E-state index in [1.807, 2.05) is 0 Å². The van der Waals surface area contributed by atoms with E-state index in [2.05, 4.69) is 252 Å². The van der Waals surface area contributed by atoms with Gasteiger partial charge in [-0.3, -0.25) is 0 Å². The lowest BCUT2D eigenvalue weighted by atomic mass is 9.70. The number of aromatic nitrogens is 1. The fraction of sp³-hybridized carbons (Fsp3) is 0.0164. The van der Waals surface area contributed by atoms with Gasteiger partial charge in [0.1, 0.15) is 0 Å². The molecule has 0 atom stereocenters. The summed E-state index contributed by atoms with van der Waals surface area (Å²) in [6.07, 6.45) is 0. The second-order valence-electron chi connectivity index (χ2n) is 16.8. The van der Waals surface area contributed by atoms with Crippen molar-refractivity contribution < 1.29 is 0 Å². The average molecular weight is 801 g/mol. The summed E-state index contributed by atoms with van der Waals surface area (Å²) in [5, 5.41) is 2.52. The van der Waals surface area contributed by atoms with Crippen LogP contribution in [0.2, 0.25) is 0 Å². The van der Waals surface area contributed by atoms with Crippen LogP contribution >= 0.6 is 0 Å². The van der Waals surface area contributed by atoms with E-state index in [-0.39, 0.29) is 0 Å². The monoisotopic (exact) mass is 800 g/mol. The van der Waals surface area contributed by atoms with E-state index in [1.165, 1.54) is 83.0 Å². The normalized spacial score (nSPS) is 12.9. The number of hydrogen-bond acceptors (Lipinski definition) is 1. The van der Waals surface area contributed by atoms with E-state index in [0.717, 1.165) is 28.3 Å². The maximum absolute atomic E-state index is 2.48. The zero-order valence-corrected chi connectivity index (χ0v) is 34.5. The van der Waals surface area contributed by atoms with Gasteiger partial charge in [-0.05, 0) is 116 Å². The molecule has 0 saturated carbocycles. The van der Waals surface area contributed by atoms with Gasteiger partial charge in [0.15, 0.2) is 0 Å². The number of nitrogens with zero attached hydrogens (tertiary/aromatic N) is 2. The van der Waals surface area contributed by atoms with Crippen LogP contribution in [0.5, 0.6) is 0 Å². The number of para-hydroxylation sites is 3. The Balaban J connectivity index is 0.988. The summed E-state index contributed by atoms with van der Waals surface area (Å²) in [6.45, 7) is 0. The number of hydrogen-bond donors (Lipinski definition) is 0. The topological polar surface area (TPSA) is 8.17 Å². The predicted molar refractivity (Wildman–Crippen MR) is 263 cm³/mol. The molecule has 10 aromatic carbocycles. The Labute approximate surface area is 367 Å². The third kappa shape index (κ3) is 5.19. The molecule has 1 spiro atoms. The molecule has 0 radical (unpaired) electrons. The molecule has 0 saturated heterocycles. The van der Waals surface area contributed by atoms with Crippen molar-refractivity contribution in [1.82, 2.24) is 4.57 Å². The maximum Gasteiger partial charge on any atom is 0.0726 e. The van der Waals surface area contributed by atoms with Gasteiger partial charge in [-0.15, -0.1) is 0 Å². The van der Waals surface area contributed by atoms with Crippen LogP contribution in [-0.4, -0.2) is 4.57 Å². The van der Waals surface area contributed by atoms with Gasteiger partial charge >= 0.3 is 0 Å². The SMILES string of the molecule is c1ccc(-c2ccc(N(c3ccc(-c4ccccc4-n4c5ccccc5c5ccccc54)cc3)c3ccc4c(c3)C3(c5ccccc5-c5ccccc53)c3ccccc3-4)cc2)cc1. The Morgan fingerprint density at radius 3 is 1.27 bits per heavy atom. The molecule has 13 rings (SSSR count). The van der Waals surface area contributed by atoms with Gasteiger partial charge < -0.3 is 9.47 Å². The van der Waals surface area contributed by atoms with Crippen molar-refractivity contribution in [3.63, 3.8) is 0 Å². The minimum absolute atomic E-state index is 0.432. The van der Waals surface area contributed by atoms with E-state index in [9.17, 15) is 0 Å². The van der Waals surface area contributed by atoms with Crippen molar-refractivity contribution in [3.8, 4) is 50.2 Å². The Morgan fingerprint density at radius 2 is 0.698 bits per heavy atom. The van der Waals surface area contributed by atoms with Crippen LogP contribution in [-0.2, 0) is 5.41 Å². The summed E-state index contributed by atoms with van der Waals surface area (Å²) in [7, 11) is 0. The van der Waals surface area contributed by atoms with Gasteiger partial charge in [-0.25, -0.2) is 0 Å². The Kier molecular flexibility index (Phi) is 7.85. The van der Waals surface area contributed by atoms with Crippen molar-refractivity contribution in [2.24, 2.45) is 0 Å². The summed E-state index contributed by atoms with van der Waals surface area (Å²) in [4.78, 5) is 2.43. The smallest absolute Gasteiger partial charge is 0.0726 e.